The number of benzene rings is 4. The number of anilines is 8. The molecule has 0 amide bonds. The molecule has 12 aromatic heterocycles. The Kier molecular flexibility index (Phi) is 31.2. The van der Waals surface area contributed by atoms with E-state index in [1.165, 1.54) is 35.4 Å². The van der Waals surface area contributed by atoms with Gasteiger partial charge in [0.1, 0.15) is 91.4 Å². The van der Waals surface area contributed by atoms with E-state index in [2.05, 4.69) is 207 Å². The van der Waals surface area contributed by atoms with Crippen molar-refractivity contribution in [3.05, 3.63) is 237 Å². The van der Waals surface area contributed by atoms with Gasteiger partial charge in [-0.05, 0) is 246 Å². The van der Waals surface area contributed by atoms with Crippen molar-refractivity contribution in [2.24, 2.45) is 0 Å². The molecule has 0 unspecified atom stereocenters. The van der Waals surface area contributed by atoms with Gasteiger partial charge in [0.05, 0.1) is 46.9 Å². The monoisotopic (exact) mass is 2020 g/mol. The maximum atomic E-state index is 15.1. The van der Waals surface area contributed by atoms with Crippen molar-refractivity contribution >= 4 is 91.2 Å². The van der Waals surface area contributed by atoms with Gasteiger partial charge in [0, 0.05) is 170 Å². The zero-order valence-corrected chi connectivity index (χ0v) is 88.1. The number of nitrogens with one attached hydrogen (secondary N) is 6. The number of likely N-dealkylation sites (N-methyl/N-ethyl adjacent to an activating group) is 2. The number of hydrogen-bond donors (Lipinski definition) is 6. The number of halogens is 8. The fourth-order valence-corrected chi connectivity index (χ4v) is 20.3. The Morgan fingerprint density at radius 1 is 0.345 bits per heavy atom. The SMILES string of the molecule is CCC(CC)n1c(C)nc2c(F)cc(-c3nc(Nc4ccc5c(n4)C[C@@H](C)NC5)ncc3F)cc21.CCC(CC)n1c(C)nc2c(F)cc(-c3nc(Nc4ccc5c(n4)C[C@H](C)NC5)ncc3F)cc21.Cc1nc2c(F)cc(-c3nc(Nc4ccc5c(n4)C[C@@H](C)N(CCN(C)C)C5)ncc3F)cc2n1C(C)(C)C.Cc1nc2c(F)cc(-c3nc(Nc4ccc5c(n4)C[C@H](C)N(CCN(C)C)C5)ncc3F)cc2n1C(C)(C)C. The number of rotatable bonds is 24. The van der Waals surface area contributed by atoms with Gasteiger partial charge < -0.3 is 60.0 Å². The summed E-state index contributed by atoms with van der Waals surface area (Å²) in [7, 11) is 8.34. The lowest BCUT2D eigenvalue weighted by Crippen LogP contribution is -2.42. The highest BCUT2D eigenvalue weighted by atomic mass is 19.2. The van der Waals surface area contributed by atoms with Gasteiger partial charge in [-0.2, -0.15) is 0 Å². The summed E-state index contributed by atoms with van der Waals surface area (Å²) in [6.45, 7) is 43.9. The number of hydrogen-bond acceptors (Lipinski definition) is 26. The second kappa shape index (κ2) is 43.9. The minimum Gasteiger partial charge on any atom is -0.325 e. The molecule has 148 heavy (non-hydrogen) atoms. The van der Waals surface area contributed by atoms with Crippen LogP contribution in [0.15, 0.2) is 122 Å². The van der Waals surface area contributed by atoms with Crippen LogP contribution in [0.2, 0.25) is 0 Å². The van der Waals surface area contributed by atoms with Gasteiger partial charge in [-0.1, -0.05) is 52.0 Å². The van der Waals surface area contributed by atoms with E-state index in [-0.39, 0.29) is 91.8 Å². The first kappa shape index (κ1) is 105. The highest BCUT2D eigenvalue weighted by Crippen LogP contribution is 2.40. The van der Waals surface area contributed by atoms with E-state index >= 15 is 17.6 Å². The van der Waals surface area contributed by atoms with Crippen LogP contribution in [0.4, 0.5) is 82.2 Å². The molecule has 4 aromatic carbocycles. The molecule has 0 spiro atoms. The summed E-state index contributed by atoms with van der Waals surface area (Å²) in [5.74, 6) is 1.38. The fraction of sp³-hybridized carbons (Fsp3) is 0.418. The van der Waals surface area contributed by atoms with Crippen LogP contribution in [0.25, 0.3) is 89.2 Å². The van der Waals surface area contributed by atoms with E-state index in [4.69, 9.17) is 19.9 Å². The molecule has 30 nitrogen and oxygen atoms in total. The normalized spacial score (nSPS) is 15.9. The third-order valence-corrected chi connectivity index (χ3v) is 27.8. The zero-order valence-electron chi connectivity index (χ0n) is 88.1. The van der Waals surface area contributed by atoms with Gasteiger partial charge in [-0.25, -0.2) is 115 Å². The molecule has 0 bridgehead atoms. The molecule has 4 atom stereocenters. The third kappa shape index (κ3) is 23.0. The minimum absolute atomic E-state index is 0.00993. The molecule has 16 heterocycles. The van der Waals surface area contributed by atoms with Gasteiger partial charge in [0.25, 0.3) is 0 Å². The molecule has 20 rings (SSSR count). The average molecular weight is 2020 g/mol. The smallest absolute Gasteiger partial charge is 0.229 e. The Hall–Kier alpha value is -13.9. The molecular weight excluding hydrogens is 1890 g/mol. The molecule has 4 aliphatic rings. The fourth-order valence-electron chi connectivity index (χ4n) is 20.3. The van der Waals surface area contributed by atoms with Crippen LogP contribution in [0.5, 0.6) is 0 Å². The first-order valence-corrected chi connectivity index (χ1v) is 50.7. The van der Waals surface area contributed by atoms with Crippen molar-refractivity contribution in [3.63, 3.8) is 0 Å². The second-order valence-electron chi connectivity index (χ2n) is 41.5. The lowest BCUT2D eigenvalue weighted by molar-refractivity contribution is 0.166. The van der Waals surface area contributed by atoms with E-state index in [1.54, 1.807) is 24.3 Å². The maximum Gasteiger partial charge on any atom is 0.229 e. The lowest BCUT2D eigenvalue weighted by Gasteiger charge is -2.35. The van der Waals surface area contributed by atoms with E-state index in [0.29, 0.717) is 103 Å². The van der Waals surface area contributed by atoms with Crippen molar-refractivity contribution in [1.29, 1.82) is 0 Å². The van der Waals surface area contributed by atoms with Crippen molar-refractivity contribution < 1.29 is 35.1 Å². The Labute approximate surface area is 856 Å². The second-order valence-corrected chi connectivity index (χ2v) is 41.5. The topological polar surface area (TPSA) is 311 Å². The summed E-state index contributed by atoms with van der Waals surface area (Å²) >= 11 is 0. The highest BCUT2D eigenvalue weighted by Gasteiger charge is 2.33. The zero-order chi connectivity index (χ0) is 105. The van der Waals surface area contributed by atoms with Gasteiger partial charge in [0.15, 0.2) is 46.5 Å². The van der Waals surface area contributed by atoms with E-state index in [0.717, 1.165) is 174 Å². The lowest BCUT2D eigenvalue weighted by atomic mass is 9.99. The maximum absolute atomic E-state index is 15.1. The van der Waals surface area contributed by atoms with Gasteiger partial charge in [-0.3, -0.25) is 9.80 Å². The molecule has 4 aliphatic heterocycles. The predicted molar refractivity (Wildman–Crippen MR) is 565 cm³/mol. The first-order valence-electron chi connectivity index (χ1n) is 50.7. The van der Waals surface area contributed by atoms with E-state index in [9.17, 15) is 17.6 Å². The molecule has 16 aromatic rings. The summed E-state index contributed by atoms with van der Waals surface area (Å²) < 4.78 is 128. The molecule has 0 saturated heterocycles. The molecule has 38 heteroatoms. The van der Waals surface area contributed by atoms with Crippen LogP contribution in [0.1, 0.15) is 203 Å². The van der Waals surface area contributed by atoms with Crippen LogP contribution < -0.4 is 31.9 Å². The summed E-state index contributed by atoms with van der Waals surface area (Å²) in [6, 6.07) is 29.6. The number of imidazole rings is 4. The van der Waals surface area contributed by atoms with Gasteiger partial charge >= 0.3 is 0 Å². The van der Waals surface area contributed by atoms with Crippen LogP contribution >= 0.6 is 0 Å². The number of nitrogens with zero attached hydrogens (tertiary/aromatic N) is 24. The van der Waals surface area contributed by atoms with Crippen molar-refractivity contribution in [1.82, 2.24) is 128 Å². The highest BCUT2D eigenvalue weighted by molar-refractivity contribution is 5.87. The first-order chi connectivity index (χ1) is 70.5. The van der Waals surface area contributed by atoms with Gasteiger partial charge in [0.2, 0.25) is 23.8 Å². The number of aromatic nitrogens is 20. The molecule has 0 fully saturated rings. The standard InChI is InChI=1S/2C29H36F2N8.2C26H29F2N7/c2*1-17-12-23-19(16-38(17)11-10-37(6)7)8-9-25(34-23)35-28-32-15-22(31)26(36-28)20-13-21(30)27-24(14-20)39(18(2)33-27)29(3,4)5;2*1-5-18(6-2)35-15(4)31-25-19(27)10-17(11-22(25)35)24-20(28)13-30-26(34-24)33-23-8-7-16-12-29-14(3)9-21(16)32-23/h2*8-9,13-15,17H,10-12,16H2,1-7H3,(H,32,34,35,36);2*7-8,10-11,13-14,18,29H,5-6,9,12H2,1-4H3,(H,30,32,33,34)/t2*17-;2*14-/m1010/s1. The molecule has 0 saturated carbocycles. The van der Waals surface area contributed by atoms with Crippen molar-refractivity contribution in [2.75, 3.05) is 75.6 Å². The Bertz CT molecular complexity index is 7160. The summed E-state index contributed by atoms with van der Waals surface area (Å²) in [5, 5.41) is 19.2. The minimum atomic E-state index is -0.636. The van der Waals surface area contributed by atoms with Crippen LogP contribution in [0, 0.1) is 74.2 Å². The Morgan fingerprint density at radius 2 is 0.615 bits per heavy atom. The predicted octanol–water partition coefficient (Wildman–Crippen LogP) is 21.8. The van der Waals surface area contributed by atoms with E-state index in [1.807, 2.05) is 124 Å². The quantitative estimate of drug-likeness (QED) is 0.0306. The van der Waals surface area contributed by atoms with Crippen molar-refractivity contribution in [2.45, 2.75) is 250 Å². The summed E-state index contributed by atoms with van der Waals surface area (Å²) in [4.78, 5) is 80.1. The molecular formula is C110H130F8N30. The van der Waals surface area contributed by atoms with Gasteiger partial charge in [-0.15, -0.1) is 0 Å². The molecule has 0 radical (unpaired) electrons. The number of pyridine rings is 4. The average Bonchev–Trinajstić information content (AvgIpc) is 1.61. The summed E-state index contributed by atoms with van der Waals surface area (Å²) in [5.41, 5.74) is 13.1. The molecule has 776 valence electrons. The van der Waals surface area contributed by atoms with E-state index < -0.39 is 46.5 Å². The molecule has 0 aliphatic carbocycles. The Morgan fingerprint density at radius 3 is 0.899 bits per heavy atom. The summed E-state index contributed by atoms with van der Waals surface area (Å²) in [6.07, 6.45) is 11.3. The van der Waals surface area contributed by atoms with Crippen LogP contribution in [-0.4, -0.2) is 196 Å². The van der Waals surface area contributed by atoms with Crippen molar-refractivity contribution in [3.8, 4) is 45.0 Å². The van der Waals surface area contributed by atoms with Crippen LogP contribution in [0.3, 0.4) is 0 Å². The number of aryl methyl sites for hydroxylation is 4. The number of fused-ring (bicyclic) bond motifs is 8. The molecule has 6 N–H and O–H groups in total. The van der Waals surface area contributed by atoms with Crippen LogP contribution in [-0.2, 0) is 62.9 Å². The Balaban J connectivity index is 0.000000135. The third-order valence-electron chi connectivity index (χ3n) is 27.8. The largest absolute Gasteiger partial charge is 0.325 e.